The van der Waals surface area contributed by atoms with E-state index >= 15 is 0 Å². The molecule has 0 unspecified atom stereocenters. The summed E-state index contributed by atoms with van der Waals surface area (Å²) in [5.41, 5.74) is 4.55. The Hall–Kier alpha value is -2.53. The Morgan fingerprint density at radius 2 is 2.12 bits per heavy atom. The van der Waals surface area contributed by atoms with Gasteiger partial charge in [-0.05, 0) is 36.4 Å². The van der Waals surface area contributed by atoms with E-state index < -0.39 is 0 Å². The van der Waals surface area contributed by atoms with Crippen molar-refractivity contribution in [1.29, 1.82) is 0 Å². The van der Waals surface area contributed by atoms with Crippen LogP contribution < -0.4 is 0 Å². The first-order valence-electron chi connectivity index (χ1n) is 8.26. The van der Waals surface area contributed by atoms with Gasteiger partial charge in [0.25, 0.3) is 0 Å². The molecule has 2 heterocycles. The van der Waals surface area contributed by atoms with Gasteiger partial charge in [-0.15, -0.1) is 11.3 Å². The fourth-order valence-corrected chi connectivity index (χ4v) is 3.44. The Balaban J connectivity index is 1.94. The van der Waals surface area contributed by atoms with Crippen LogP contribution in [0.1, 0.15) is 29.3 Å². The Morgan fingerprint density at radius 3 is 2.84 bits per heavy atom. The van der Waals surface area contributed by atoms with Crippen molar-refractivity contribution in [3.63, 3.8) is 0 Å². The van der Waals surface area contributed by atoms with Crippen LogP contribution in [0.4, 0.5) is 0 Å². The Kier molecular flexibility index (Phi) is 5.56. The van der Waals surface area contributed by atoms with Gasteiger partial charge in [0, 0.05) is 18.2 Å². The van der Waals surface area contributed by atoms with Gasteiger partial charge in [-0.3, -0.25) is 9.98 Å². The van der Waals surface area contributed by atoms with Gasteiger partial charge in [-0.2, -0.15) is 0 Å². The van der Waals surface area contributed by atoms with E-state index in [9.17, 15) is 4.79 Å². The van der Waals surface area contributed by atoms with Crippen LogP contribution in [0.2, 0.25) is 0 Å². The van der Waals surface area contributed by atoms with Crippen molar-refractivity contribution in [2.45, 2.75) is 20.3 Å². The van der Waals surface area contributed by atoms with Crippen molar-refractivity contribution in [2.24, 2.45) is 9.98 Å². The summed E-state index contributed by atoms with van der Waals surface area (Å²) in [4.78, 5) is 22.2. The van der Waals surface area contributed by atoms with Crippen LogP contribution in [0.15, 0.2) is 63.0 Å². The maximum Gasteiger partial charge on any atom is 0.356 e. The maximum absolute atomic E-state index is 12.0. The summed E-state index contributed by atoms with van der Waals surface area (Å²) in [5.74, 6) is -0.366. The third kappa shape index (κ3) is 3.94. The number of ether oxygens (including phenoxy) is 1. The van der Waals surface area contributed by atoms with E-state index in [1.807, 2.05) is 23.6 Å². The molecule has 0 amide bonds. The van der Waals surface area contributed by atoms with Crippen molar-refractivity contribution < 1.29 is 9.53 Å². The molecule has 0 aliphatic carbocycles. The van der Waals surface area contributed by atoms with Crippen LogP contribution in [-0.2, 0) is 9.53 Å². The van der Waals surface area contributed by atoms with E-state index in [-0.39, 0.29) is 5.97 Å². The van der Waals surface area contributed by atoms with Crippen LogP contribution in [0.3, 0.4) is 0 Å². The fourth-order valence-electron chi connectivity index (χ4n) is 2.69. The molecule has 1 aromatic heterocycles. The summed E-state index contributed by atoms with van der Waals surface area (Å²) >= 11 is 1.66. The zero-order valence-corrected chi connectivity index (χ0v) is 15.2. The van der Waals surface area contributed by atoms with Gasteiger partial charge in [0.15, 0.2) is 0 Å². The van der Waals surface area contributed by atoms with Crippen molar-refractivity contribution in [2.75, 3.05) is 13.2 Å². The van der Waals surface area contributed by atoms with Gasteiger partial charge in [-0.1, -0.05) is 30.3 Å². The summed E-state index contributed by atoms with van der Waals surface area (Å²) in [7, 11) is 0. The number of carbonyl (C=O) groups is 1. The van der Waals surface area contributed by atoms with Gasteiger partial charge >= 0.3 is 5.97 Å². The number of hydrogen-bond donors (Lipinski definition) is 0. The summed E-state index contributed by atoms with van der Waals surface area (Å²) in [6.45, 7) is 4.66. The Bertz CT molecular complexity index is 848. The van der Waals surface area contributed by atoms with E-state index in [1.54, 1.807) is 24.5 Å². The Morgan fingerprint density at radius 1 is 1.28 bits per heavy atom. The molecule has 25 heavy (non-hydrogen) atoms. The van der Waals surface area contributed by atoms with E-state index in [2.05, 4.69) is 30.1 Å². The minimum Gasteiger partial charge on any atom is -0.461 e. The maximum atomic E-state index is 12.0. The zero-order valence-electron chi connectivity index (χ0n) is 14.4. The molecule has 0 fully saturated rings. The van der Waals surface area contributed by atoms with Crippen molar-refractivity contribution in [1.82, 2.24) is 0 Å². The molecule has 3 rings (SSSR count). The molecule has 128 valence electrons. The molecule has 1 aromatic carbocycles. The van der Waals surface area contributed by atoms with E-state index in [0.29, 0.717) is 25.3 Å². The summed E-state index contributed by atoms with van der Waals surface area (Å²) < 4.78 is 5.08. The number of benzene rings is 1. The summed E-state index contributed by atoms with van der Waals surface area (Å²) in [6, 6.07) is 12.3. The normalized spacial score (nSPS) is 14.2. The second-order valence-corrected chi connectivity index (χ2v) is 6.59. The number of nitrogens with zero attached hydrogens (tertiary/aromatic N) is 2. The van der Waals surface area contributed by atoms with Crippen molar-refractivity contribution >= 4 is 29.2 Å². The number of carbonyl (C=O) groups excluding carboxylic acids is 1. The topological polar surface area (TPSA) is 51.0 Å². The number of aryl methyl sites for hydroxylation is 1. The van der Waals surface area contributed by atoms with E-state index in [4.69, 9.17) is 9.73 Å². The van der Waals surface area contributed by atoms with Crippen LogP contribution in [0, 0.1) is 6.92 Å². The highest BCUT2D eigenvalue weighted by Gasteiger charge is 2.19. The lowest BCUT2D eigenvalue weighted by molar-refractivity contribution is -0.138. The first kappa shape index (κ1) is 17.3. The lowest BCUT2D eigenvalue weighted by atomic mass is 10.0. The van der Waals surface area contributed by atoms with Gasteiger partial charge < -0.3 is 4.74 Å². The predicted octanol–water partition coefficient (Wildman–Crippen LogP) is 4.19. The number of hydrogen-bond acceptors (Lipinski definition) is 5. The predicted molar refractivity (Wildman–Crippen MR) is 103 cm³/mol. The molecule has 0 bridgehead atoms. The SMILES string of the molecule is CCOC(=O)C1=C(C/N=C(/c2cccs2)c2ccccc2C)CC=N1. The quantitative estimate of drug-likeness (QED) is 0.578. The molecule has 0 saturated carbocycles. The third-order valence-electron chi connectivity index (χ3n) is 3.94. The van der Waals surface area contributed by atoms with Gasteiger partial charge in [0.05, 0.1) is 23.7 Å². The molecule has 2 aromatic rings. The molecular weight excluding hydrogens is 332 g/mol. The lowest BCUT2D eigenvalue weighted by Gasteiger charge is -2.09. The second-order valence-electron chi connectivity index (χ2n) is 5.65. The third-order valence-corrected chi connectivity index (χ3v) is 4.82. The Labute approximate surface area is 151 Å². The highest BCUT2D eigenvalue weighted by atomic mass is 32.1. The van der Waals surface area contributed by atoms with Crippen LogP contribution in [0.25, 0.3) is 0 Å². The molecule has 0 saturated heterocycles. The van der Waals surface area contributed by atoms with Gasteiger partial charge in [0.2, 0.25) is 0 Å². The first-order valence-corrected chi connectivity index (χ1v) is 9.14. The summed E-state index contributed by atoms with van der Waals surface area (Å²) in [5, 5.41) is 2.05. The smallest absolute Gasteiger partial charge is 0.356 e. The van der Waals surface area contributed by atoms with Crippen LogP contribution >= 0.6 is 11.3 Å². The highest BCUT2D eigenvalue weighted by Crippen LogP contribution is 2.22. The van der Waals surface area contributed by atoms with Crippen LogP contribution in [0.5, 0.6) is 0 Å². The molecule has 5 heteroatoms. The van der Waals surface area contributed by atoms with Gasteiger partial charge in [0.1, 0.15) is 5.70 Å². The molecular formula is C20H20N2O2S. The molecule has 0 radical (unpaired) electrons. The van der Waals surface area contributed by atoms with Gasteiger partial charge in [-0.25, -0.2) is 4.79 Å². The standard InChI is InChI=1S/C20H20N2O2S/c1-3-24-20(23)18-15(10-11-21-18)13-22-19(17-9-6-12-25-17)16-8-5-4-7-14(16)2/h4-9,11-12H,3,10,13H2,1-2H3/b22-19+. The molecule has 4 nitrogen and oxygen atoms in total. The summed E-state index contributed by atoms with van der Waals surface area (Å²) in [6.07, 6.45) is 2.39. The average molecular weight is 352 g/mol. The van der Waals surface area contributed by atoms with Crippen molar-refractivity contribution in [3.8, 4) is 0 Å². The number of rotatable bonds is 6. The monoisotopic (exact) mass is 352 g/mol. The number of aliphatic imine (C=N–C) groups is 2. The average Bonchev–Trinajstić information content (AvgIpc) is 3.28. The van der Waals surface area contributed by atoms with Crippen LogP contribution in [-0.4, -0.2) is 31.0 Å². The van der Waals surface area contributed by atoms with E-state index in [0.717, 1.165) is 21.7 Å². The molecule has 0 atom stereocenters. The fraction of sp³-hybridized carbons (Fsp3) is 0.250. The van der Waals surface area contributed by atoms with Crippen molar-refractivity contribution in [3.05, 3.63) is 69.1 Å². The molecule has 0 spiro atoms. The largest absolute Gasteiger partial charge is 0.461 e. The first-order chi connectivity index (χ1) is 12.2. The second kappa shape index (κ2) is 8.03. The zero-order chi connectivity index (χ0) is 17.6. The minimum absolute atomic E-state index is 0.345. The minimum atomic E-state index is -0.366. The highest BCUT2D eigenvalue weighted by molar-refractivity contribution is 7.12. The number of esters is 1. The van der Waals surface area contributed by atoms with E-state index in [1.165, 1.54) is 5.56 Å². The number of thiophene rings is 1. The molecule has 1 aliphatic rings. The molecule has 1 aliphatic heterocycles. The molecule has 0 N–H and O–H groups in total. The lowest BCUT2D eigenvalue weighted by Crippen LogP contribution is -2.09.